The second-order valence-electron chi connectivity index (χ2n) is 7.01. The van der Waals surface area contributed by atoms with Gasteiger partial charge in [0.25, 0.3) is 11.8 Å². The molecule has 31 heavy (non-hydrogen) atoms. The van der Waals surface area contributed by atoms with Crippen LogP contribution in [0.1, 0.15) is 16.1 Å². The number of hydrogen-bond acceptors (Lipinski definition) is 6. The van der Waals surface area contributed by atoms with Crippen LogP contribution in [0.15, 0.2) is 36.4 Å². The second kappa shape index (κ2) is 10.7. The van der Waals surface area contributed by atoms with Gasteiger partial charge in [-0.1, -0.05) is 11.6 Å². The Morgan fingerprint density at radius 3 is 2.32 bits per heavy atom. The minimum Gasteiger partial charge on any atom is -0.388 e. The first kappa shape index (κ1) is 23.2. The number of thiophene rings is 1. The smallest absolute Gasteiger partial charge is 0.261 e. The zero-order chi connectivity index (χ0) is 22.4. The molecule has 2 aliphatic rings. The summed E-state index contributed by atoms with van der Waals surface area (Å²) in [5, 5.41) is 2.89. The van der Waals surface area contributed by atoms with Gasteiger partial charge in [-0.25, -0.2) is 0 Å². The number of carbonyl (C=O) groups is 3. The van der Waals surface area contributed by atoms with Gasteiger partial charge in [-0.3, -0.25) is 14.4 Å². The molecule has 3 heterocycles. The fourth-order valence-electron chi connectivity index (χ4n) is 3.35. The van der Waals surface area contributed by atoms with Gasteiger partial charge < -0.3 is 24.6 Å². The lowest BCUT2D eigenvalue weighted by Crippen LogP contribution is -2.41. The first-order valence-corrected chi connectivity index (χ1v) is 10.9. The van der Waals surface area contributed by atoms with Gasteiger partial charge in [-0.2, -0.15) is 0 Å². The normalized spacial score (nSPS) is 18.6. The van der Waals surface area contributed by atoms with E-state index in [-0.39, 0.29) is 36.8 Å². The summed E-state index contributed by atoms with van der Waals surface area (Å²) in [7, 11) is 3.25. The lowest BCUT2D eigenvalue weighted by atomic mass is 10.2. The van der Waals surface area contributed by atoms with Crippen molar-refractivity contribution in [3.63, 3.8) is 0 Å². The summed E-state index contributed by atoms with van der Waals surface area (Å²) in [5.74, 6) is -0.352. The highest BCUT2D eigenvalue weighted by molar-refractivity contribution is 7.18. The van der Waals surface area contributed by atoms with E-state index >= 15 is 0 Å². The predicted octanol–water partition coefficient (Wildman–Crippen LogP) is 2.56. The number of halogens is 1. The molecular formula is C21H24ClN3O5S. The molecule has 0 spiro atoms. The summed E-state index contributed by atoms with van der Waals surface area (Å²) in [5.41, 5.74) is 1.52. The molecule has 2 saturated heterocycles. The maximum absolute atomic E-state index is 12.4. The molecule has 2 aliphatic heterocycles. The van der Waals surface area contributed by atoms with Crippen LogP contribution in [0.5, 0.6) is 0 Å². The number of nitrogens with one attached hydrogen (secondary N) is 1. The Labute approximate surface area is 189 Å². The van der Waals surface area contributed by atoms with Crippen LogP contribution in [0.3, 0.4) is 0 Å². The van der Waals surface area contributed by atoms with E-state index < -0.39 is 0 Å². The molecule has 0 saturated carbocycles. The Morgan fingerprint density at radius 2 is 1.74 bits per heavy atom. The van der Waals surface area contributed by atoms with Crippen LogP contribution in [0.4, 0.5) is 11.4 Å². The Balaban J connectivity index is 0.000000858. The van der Waals surface area contributed by atoms with Crippen LogP contribution in [0.25, 0.3) is 0 Å². The minimum absolute atomic E-state index is 0.0512. The van der Waals surface area contributed by atoms with Gasteiger partial charge in [0.2, 0.25) is 5.91 Å². The molecule has 10 heteroatoms. The van der Waals surface area contributed by atoms with Crippen molar-refractivity contribution in [1.29, 1.82) is 0 Å². The number of ether oxygens (including phenoxy) is 2. The molecule has 166 valence electrons. The van der Waals surface area contributed by atoms with E-state index in [1.807, 2.05) is 24.3 Å². The lowest BCUT2D eigenvalue weighted by molar-refractivity contribution is -0.125. The number of nitrogens with zero attached hydrogens (tertiary/aromatic N) is 2. The van der Waals surface area contributed by atoms with Crippen LogP contribution in [0.2, 0.25) is 4.34 Å². The molecule has 1 atom stereocenters. The number of rotatable bonds is 4. The fraction of sp³-hybridized carbons (Fsp3) is 0.381. The zero-order valence-electron chi connectivity index (χ0n) is 17.3. The maximum Gasteiger partial charge on any atom is 0.261 e. The Hall–Kier alpha value is -2.46. The molecular weight excluding hydrogens is 442 g/mol. The van der Waals surface area contributed by atoms with Crippen LogP contribution < -0.4 is 15.1 Å². The lowest BCUT2D eigenvalue weighted by Gasteiger charge is -2.27. The first-order valence-electron chi connectivity index (χ1n) is 9.67. The largest absolute Gasteiger partial charge is 0.388 e. The minimum atomic E-state index is -0.263. The Morgan fingerprint density at radius 1 is 1.10 bits per heavy atom. The SMILES string of the molecule is COC.O=C(NC1CC(=O)N(c2ccc(N3CCOCC3=O)cc2)C1)c1ccc(Cl)s1. The molecule has 1 aromatic heterocycles. The van der Waals surface area contributed by atoms with Gasteiger partial charge in [0, 0.05) is 45.1 Å². The number of benzene rings is 1. The van der Waals surface area contributed by atoms with Gasteiger partial charge in [0.15, 0.2) is 0 Å². The standard InChI is InChI=1S/C19H18ClN3O4S.C2H6O/c20-16-6-5-15(28-16)19(26)21-12-9-17(24)23(10-12)14-3-1-13(2-4-14)22-7-8-27-11-18(22)25;1-3-2/h1-6,12H,7-11H2,(H,21,26);1-2H3. The fourth-order valence-corrected chi connectivity index (χ4v) is 4.30. The zero-order valence-corrected chi connectivity index (χ0v) is 18.9. The highest BCUT2D eigenvalue weighted by Gasteiger charge is 2.32. The monoisotopic (exact) mass is 465 g/mol. The van der Waals surface area contributed by atoms with Crippen molar-refractivity contribution in [2.45, 2.75) is 12.5 Å². The number of carbonyl (C=O) groups excluding carboxylic acids is 3. The van der Waals surface area contributed by atoms with Crippen molar-refractivity contribution >= 4 is 52.0 Å². The van der Waals surface area contributed by atoms with Crippen molar-refractivity contribution in [2.24, 2.45) is 0 Å². The number of methoxy groups -OCH3 is 1. The van der Waals surface area contributed by atoms with Crippen LogP contribution in [-0.4, -0.2) is 64.3 Å². The third-order valence-electron chi connectivity index (χ3n) is 4.72. The molecule has 8 nitrogen and oxygen atoms in total. The highest BCUT2D eigenvalue weighted by atomic mass is 35.5. The first-order chi connectivity index (χ1) is 14.9. The van der Waals surface area contributed by atoms with E-state index in [9.17, 15) is 14.4 Å². The van der Waals surface area contributed by atoms with E-state index in [2.05, 4.69) is 10.1 Å². The van der Waals surface area contributed by atoms with Gasteiger partial charge in [-0.05, 0) is 36.4 Å². The summed E-state index contributed by atoms with van der Waals surface area (Å²) in [4.78, 5) is 40.5. The quantitative estimate of drug-likeness (QED) is 0.749. The topological polar surface area (TPSA) is 88.2 Å². The molecule has 4 rings (SSSR count). The number of morpholine rings is 1. The predicted molar refractivity (Wildman–Crippen MR) is 120 cm³/mol. The van der Waals surface area contributed by atoms with Crippen molar-refractivity contribution < 1.29 is 23.9 Å². The van der Waals surface area contributed by atoms with E-state index in [4.69, 9.17) is 16.3 Å². The molecule has 0 radical (unpaired) electrons. The molecule has 1 unspecified atom stereocenters. The molecule has 2 fully saturated rings. The van der Waals surface area contributed by atoms with Crippen LogP contribution >= 0.6 is 22.9 Å². The average molecular weight is 466 g/mol. The molecule has 1 aromatic carbocycles. The molecule has 2 aromatic rings. The second-order valence-corrected chi connectivity index (χ2v) is 8.72. The van der Waals surface area contributed by atoms with E-state index in [0.29, 0.717) is 28.9 Å². The van der Waals surface area contributed by atoms with Crippen LogP contribution in [-0.2, 0) is 19.1 Å². The van der Waals surface area contributed by atoms with Gasteiger partial charge in [0.05, 0.1) is 21.9 Å². The summed E-state index contributed by atoms with van der Waals surface area (Å²) in [6.07, 6.45) is 0.245. The third-order valence-corrected chi connectivity index (χ3v) is 5.95. The van der Waals surface area contributed by atoms with Crippen molar-refractivity contribution in [3.05, 3.63) is 45.6 Å². The number of hydrogen-bond donors (Lipinski definition) is 1. The summed E-state index contributed by atoms with van der Waals surface area (Å²) in [6.45, 7) is 1.51. The molecule has 0 aliphatic carbocycles. The maximum atomic E-state index is 12.4. The van der Waals surface area contributed by atoms with Gasteiger partial charge >= 0.3 is 0 Å². The Bertz CT molecular complexity index is 933. The third kappa shape index (κ3) is 5.82. The highest BCUT2D eigenvalue weighted by Crippen LogP contribution is 2.26. The summed E-state index contributed by atoms with van der Waals surface area (Å²) < 4.78 is 9.94. The van der Waals surface area contributed by atoms with Crippen molar-refractivity contribution in [1.82, 2.24) is 5.32 Å². The van der Waals surface area contributed by atoms with Crippen LogP contribution in [0, 0.1) is 0 Å². The van der Waals surface area contributed by atoms with Crippen molar-refractivity contribution in [3.8, 4) is 0 Å². The van der Waals surface area contributed by atoms with E-state index in [1.54, 1.807) is 36.2 Å². The van der Waals surface area contributed by atoms with Gasteiger partial charge in [-0.15, -0.1) is 11.3 Å². The summed E-state index contributed by atoms with van der Waals surface area (Å²) >= 11 is 7.08. The number of anilines is 2. The molecule has 3 amide bonds. The van der Waals surface area contributed by atoms with E-state index in [0.717, 1.165) is 11.4 Å². The van der Waals surface area contributed by atoms with Gasteiger partial charge in [0.1, 0.15) is 6.61 Å². The summed E-state index contributed by atoms with van der Waals surface area (Å²) in [6, 6.07) is 10.4. The Kier molecular flexibility index (Phi) is 8.03. The van der Waals surface area contributed by atoms with E-state index in [1.165, 1.54) is 11.3 Å². The number of amides is 3. The molecule has 1 N–H and O–H groups in total. The van der Waals surface area contributed by atoms with Crippen molar-refractivity contribution in [2.75, 3.05) is 50.3 Å². The average Bonchev–Trinajstić information content (AvgIpc) is 3.34. The molecule has 0 bridgehead atoms.